The fourth-order valence-electron chi connectivity index (χ4n) is 8.27. The quantitative estimate of drug-likeness (QED) is 0.175. The Labute approximate surface area is 339 Å². The van der Waals surface area contributed by atoms with Crippen molar-refractivity contribution < 1.29 is 0 Å². The molecular formula is C51H29N3S3. The van der Waals surface area contributed by atoms with Gasteiger partial charge in [-0.25, -0.2) is 15.0 Å². The van der Waals surface area contributed by atoms with Crippen LogP contribution in [0.25, 0.3) is 117 Å². The number of hydrogen-bond acceptors (Lipinski definition) is 6. The molecule has 0 saturated heterocycles. The van der Waals surface area contributed by atoms with Crippen molar-refractivity contribution in [1.29, 1.82) is 0 Å². The minimum Gasteiger partial charge on any atom is -0.208 e. The molecule has 12 aromatic rings. The fraction of sp³-hybridized carbons (Fsp3) is 0. The highest BCUT2D eigenvalue weighted by molar-refractivity contribution is 7.26. The van der Waals surface area contributed by atoms with E-state index in [1.54, 1.807) is 0 Å². The van der Waals surface area contributed by atoms with E-state index in [4.69, 9.17) is 15.0 Å². The first kappa shape index (κ1) is 32.7. The van der Waals surface area contributed by atoms with Gasteiger partial charge in [0.1, 0.15) is 0 Å². The van der Waals surface area contributed by atoms with Gasteiger partial charge in [-0.1, -0.05) is 127 Å². The summed E-state index contributed by atoms with van der Waals surface area (Å²) >= 11 is 5.58. The van der Waals surface area contributed by atoms with Gasteiger partial charge >= 0.3 is 0 Å². The third-order valence-corrected chi connectivity index (χ3v) is 14.3. The van der Waals surface area contributed by atoms with Gasteiger partial charge in [0.25, 0.3) is 0 Å². The Morgan fingerprint density at radius 1 is 0.263 bits per heavy atom. The van der Waals surface area contributed by atoms with Crippen LogP contribution in [0.1, 0.15) is 0 Å². The monoisotopic (exact) mass is 779 g/mol. The molecular weight excluding hydrogens is 751 g/mol. The van der Waals surface area contributed by atoms with Gasteiger partial charge in [-0.15, -0.1) is 34.0 Å². The zero-order valence-electron chi connectivity index (χ0n) is 30.3. The molecule has 3 nitrogen and oxygen atoms in total. The predicted molar refractivity (Wildman–Crippen MR) is 246 cm³/mol. The fourth-order valence-corrected chi connectivity index (χ4v) is 11.7. The van der Waals surface area contributed by atoms with E-state index in [0.29, 0.717) is 17.5 Å². The van der Waals surface area contributed by atoms with Crippen LogP contribution in [0.4, 0.5) is 0 Å². The highest BCUT2D eigenvalue weighted by atomic mass is 32.1. The smallest absolute Gasteiger partial charge is 0.164 e. The first-order valence-corrected chi connectivity index (χ1v) is 21.4. The third kappa shape index (κ3) is 5.41. The van der Waals surface area contributed by atoms with Crippen LogP contribution in [0, 0.1) is 0 Å². The van der Waals surface area contributed by atoms with Crippen LogP contribution in [0.2, 0.25) is 0 Å². The molecule has 0 aliphatic heterocycles. The van der Waals surface area contributed by atoms with Crippen molar-refractivity contribution in [3.8, 4) is 56.4 Å². The molecule has 266 valence electrons. The summed E-state index contributed by atoms with van der Waals surface area (Å²) in [6.07, 6.45) is 0. The molecule has 0 amide bonds. The van der Waals surface area contributed by atoms with Crippen molar-refractivity contribution in [3.05, 3.63) is 176 Å². The Kier molecular flexibility index (Phi) is 7.45. The summed E-state index contributed by atoms with van der Waals surface area (Å²) in [6.45, 7) is 0. The lowest BCUT2D eigenvalue weighted by molar-refractivity contribution is 1.07. The lowest BCUT2D eigenvalue weighted by Crippen LogP contribution is -1.99. The topological polar surface area (TPSA) is 38.7 Å². The average molecular weight is 780 g/mol. The Bertz CT molecular complexity index is 3470. The summed E-state index contributed by atoms with van der Waals surface area (Å²) in [6, 6.07) is 63.2. The molecule has 0 spiro atoms. The second-order valence-corrected chi connectivity index (χ2v) is 17.6. The number of thiophene rings is 3. The molecule has 0 aliphatic rings. The van der Waals surface area contributed by atoms with Crippen LogP contribution in [0.15, 0.2) is 176 Å². The van der Waals surface area contributed by atoms with Crippen molar-refractivity contribution in [1.82, 2.24) is 15.0 Å². The molecule has 0 N–H and O–H groups in total. The van der Waals surface area contributed by atoms with E-state index in [0.717, 1.165) is 16.7 Å². The van der Waals surface area contributed by atoms with Crippen LogP contribution >= 0.6 is 34.0 Å². The maximum Gasteiger partial charge on any atom is 0.164 e. The zero-order valence-corrected chi connectivity index (χ0v) is 32.8. The first-order valence-electron chi connectivity index (χ1n) is 18.9. The molecule has 4 aromatic heterocycles. The van der Waals surface area contributed by atoms with Gasteiger partial charge in [0.15, 0.2) is 17.5 Å². The minimum atomic E-state index is 0.666. The molecule has 0 radical (unpaired) electrons. The number of rotatable bonds is 5. The molecule has 4 heterocycles. The Hall–Kier alpha value is -6.57. The van der Waals surface area contributed by atoms with Crippen LogP contribution < -0.4 is 0 Å². The summed E-state index contributed by atoms with van der Waals surface area (Å²) in [7, 11) is 0. The molecule has 0 aliphatic carbocycles. The van der Waals surface area contributed by atoms with Crippen LogP contribution in [0.5, 0.6) is 0 Å². The number of nitrogens with zero attached hydrogens (tertiary/aromatic N) is 3. The van der Waals surface area contributed by atoms with Crippen molar-refractivity contribution in [3.63, 3.8) is 0 Å². The van der Waals surface area contributed by atoms with Gasteiger partial charge in [0.05, 0.1) is 0 Å². The summed E-state index contributed by atoms with van der Waals surface area (Å²) < 4.78 is 7.73. The largest absolute Gasteiger partial charge is 0.208 e. The van der Waals surface area contributed by atoms with E-state index in [2.05, 4.69) is 115 Å². The minimum absolute atomic E-state index is 0.666. The van der Waals surface area contributed by atoms with Crippen LogP contribution in [-0.2, 0) is 0 Å². The molecule has 0 saturated carbocycles. The van der Waals surface area contributed by atoms with Gasteiger partial charge in [-0.3, -0.25) is 0 Å². The van der Waals surface area contributed by atoms with Crippen molar-refractivity contribution in [2.45, 2.75) is 0 Å². The second kappa shape index (κ2) is 13.0. The highest BCUT2D eigenvalue weighted by Crippen LogP contribution is 2.48. The number of benzene rings is 8. The second-order valence-electron chi connectivity index (χ2n) is 14.3. The van der Waals surface area contributed by atoms with Gasteiger partial charge in [-0.05, 0) is 70.8 Å². The van der Waals surface area contributed by atoms with E-state index in [9.17, 15) is 0 Å². The van der Waals surface area contributed by atoms with Gasteiger partial charge in [-0.2, -0.15) is 0 Å². The van der Waals surface area contributed by atoms with E-state index in [-0.39, 0.29) is 0 Å². The van der Waals surface area contributed by atoms with Crippen LogP contribution in [-0.4, -0.2) is 15.0 Å². The molecule has 12 rings (SSSR count). The molecule has 6 heteroatoms. The Morgan fingerprint density at radius 2 is 0.789 bits per heavy atom. The van der Waals surface area contributed by atoms with Gasteiger partial charge in [0, 0.05) is 77.2 Å². The Balaban J connectivity index is 1.02. The zero-order chi connectivity index (χ0) is 37.5. The van der Waals surface area contributed by atoms with Crippen molar-refractivity contribution in [2.24, 2.45) is 0 Å². The van der Waals surface area contributed by atoms with Crippen molar-refractivity contribution >= 4 is 94.5 Å². The van der Waals surface area contributed by atoms with Crippen LogP contribution in [0.3, 0.4) is 0 Å². The van der Waals surface area contributed by atoms with E-state index in [1.165, 1.54) is 82.8 Å². The average Bonchev–Trinajstić information content (AvgIpc) is 3.97. The Morgan fingerprint density at radius 3 is 1.49 bits per heavy atom. The van der Waals surface area contributed by atoms with Crippen molar-refractivity contribution in [2.75, 3.05) is 0 Å². The van der Waals surface area contributed by atoms with E-state index < -0.39 is 0 Å². The van der Waals surface area contributed by atoms with E-state index in [1.807, 2.05) is 94.7 Å². The maximum absolute atomic E-state index is 5.00. The molecule has 0 atom stereocenters. The maximum atomic E-state index is 5.00. The van der Waals surface area contributed by atoms with Gasteiger partial charge in [0.2, 0.25) is 0 Å². The summed E-state index contributed by atoms with van der Waals surface area (Å²) in [4.78, 5) is 14.9. The first-order chi connectivity index (χ1) is 28.2. The standard InChI is InChI=1S/C51H29N3S3/c1-3-12-30(13-4-1)49-52-50(31-14-5-2-6-15-31)54-51(53-49)33-22-24-35-39-26-32(23-25-43(39)56-45(35)28-33)34-27-40(48-38-17-8-10-20-42(38)57-46(48)29-34)36-18-11-21-44-47(36)37-16-7-9-19-41(37)55-44/h1-29H. The molecule has 57 heavy (non-hydrogen) atoms. The summed E-state index contributed by atoms with van der Waals surface area (Å²) in [5, 5.41) is 7.80. The number of hydrogen-bond donors (Lipinski definition) is 0. The molecule has 0 fully saturated rings. The lowest BCUT2D eigenvalue weighted by Gasteiger charge is -2.12. The lowest BCUT2D eigenvalue weighted by atomic mass is 9.92. The molecule has 0 bridgehead atoms. The SMILES string of the molecule is c1ccc(-c2nc(-c3ccccc3)nc(-c3ccc4c(c3)sc3ccc(-c5cc(-c6cccc7sc8ccccc8c67)c6c(c5)sc5ccccc56)cc34)n2)cc1. The predicted octanol–water partition coefficient (Wildman–Crippen LogP) is 15.3. The summed E-state index contributed by atoms with van der Waals surface area (Å²) in [5.74, 6) is 2.00. The van der Waals surface area contributed by atoms with E-state index >= 15 is 0 Å². The summed E-state index contributed by atoms with van der Waals surface area (Å²) in [5.41, 5.74) is 7.92. The molecule has 8 aromatic carbocycles. The van der Waals surface area contributed by atoms with Gasteiger partial charge < -0.3 is 0 Å². The number of aromatic nitrogens is 3. The molecule has 0 unspecified atom stereocenters. The number of fused-ring (bicyclic) bond motifs is 9. The highest BCUT2D eigenvalue weighted by Gasteiger charge is 2.19. The third-order valence-electron chi connectivity index (χ3n) is 10.9. The normalized spacial score (nSPS) is 11.9.